The summed E-state index contributed by atoms with van der Waals surface area (Å²) in [6.45, 7) is 3.93. The fourth-order valence-corrected chi connectivity index (χ4v) is 4.91. The van der Waals surface area contributed by atoms with Gasteiger partial charge in [0, 0.05) is 23.8 Å². The lowest BCUT2D eigenvalue weighted by Gasteiger charge is -2.31. The summed E-state index contributed by atoms with van der Waals surface area (Å²) in [6.07, 6.45) is 0. The lowest BCUT2D eigenvalue weighted by molar-refractivity contribution is -0.138. The molecule has 1 aliphatic heterocycles. The topological polar surface area (TPSA) is 82.3 Å². The number of hydrogen-bond acceptors (Lipinski definition) is 6. The number of thiophene rings is 1. The molecule has 2 aromatic heterocycles. The third-order valence-corrected chi connectivity index (χ3v) is 6.46. The van der Waals surface area contributed by atoms with Crippen molar-refractivity contribution in [2.75, 3.05) is 11.9 Å². The molecule has 1 aliphatic rings. The molecule has 1 aromatic carbocycles. The normalized spacial score (nSPS) is 15.4. The lowest BCUT2D eigenvalue weighted by atomic mass is 9.84. The molecule has 1 N–H and O–H groups in total. The van der Waals surface area contributed by atoms with Crippen LogP contribution in [0, 0.1) is 6.92 Å². The fourth-order valence-electron chi connectivity index (χ4n) is 3.91. The van der Waals surface area contributed by atoms with Gasteiger partial charge in [0.25, 0.3) is 5.56 Å². The lowest BCUT2D eigenvalue weighted by Crippen LogP contribution is -2.43. The van der Waals surface area contributed by atoms with Crippen molar-refractivity contribution in [2.24, 2.45) is 14.1 Å². The van der Waals surface area contributed by atoms with Gasteiger partial charge >= 0.3 is 11.7 Å². The van der Waals surface area contributed by atoms with Crippen molar-refractivity contribution in [1.82, 2.24) is 9.13 Å². The number of benzene rings is 1. The van der Waals surface area contributed by atoms with Crippen LogP contribution in [0.15, 0.2) is 57.6 Å². The maximum atomic E-state index is 13.3. The van der Waals surface area contributed by atoms with Crippen molar-refractivity contribution >= 4 is 28.8 Å². The van der Waals surface area contributed by atoms with E-state index in [2.05, 4.69) is 5.32 Å². The van der Waals surface area contributed by atoms with Crippen molar-refractivity contribution in [3.8, 4) is 0 Å². The Hall–Kier alpha value is -3.39. The molecule has 3 heterocycles. The van der Waals surface area contributed by atoms with Crippen molar-refractivity contribution < 1.29 is 9.53 Å². The molecule has 0 spiro atoms. The Kier molecular flexibility index (Phi) is 5.41. The highest BCUT2D eigenvalue weighted by atomic mass is 32.1. The van der Waals surface area contributed by atoms with Gasteiger partial charge in [-0.3, -0.25) is 13.9 Å². The molecule has 1 atom stereocenters. The van der Waals surface area contributed by atoms with Gasteiger partial charge in [-0.2, -0.15) is 0 Å². The second kappa shape index (κ2) is 8.03. The maximum absolute atomic E-state index is 13.3. The van der Waals surface area contributed by atoms with Gasteiger partial charge in [-0.25, -0.2) is 9.59 Å². The molecular weight excluding hydrogens is 414 g/mol. The van der Waals surface area contributed by atoms with Crippen molar-refractivity contribution in [3.63, 3.8) is 0 Å². The summed E-state index contributed by atoms with van der Waals surface area (Å²) in [5.74, 6) is -0.766. The molecule has 0 bridgehead atoms. The molecule has 7 nitrogen and oxygen atoms in total. The highest BCUT2D eigenvalue weighted by molar-refractivity contribution is 7.12. The summed E-state index contributed by atoms with van der Waals surface area (Å²) in [4.78, 5) is 41.1. The van der Waals surface area contributed by atoms with Crippen LogP contribution in [0.2, 0.25) is 0 Å². The zero-order chi connectivity index (χ0) is 22.3. The number of nitrogens with zero attached hydrogens (tertiary/aromatic N) is 2. The van der Waals surface area contributed by atoms with Gasteiger partial charge in [0.2, 0.25) is 0 Å². The number of nitrogens with one attached hydrogen (secondary N) is 1. The van der Waals surface area contributed by atoms with E-state index in [0.717, 1.165) is 19.9 Å². The van der Waals surface area contributed by atoms with Gasteiger partial charge in [0.15, 0.2) is 0 Å². The molecule has 0 saturated heterocycles. The molecule has 160 valence electrons. The van der Waals surface area contributed by atoms with Crippen molar-refractivity contribution in [1.29, 1.82) is 0 Å². The number of esters is 1. The molecule has 1 unspecified atom stereocenters. The number of anilines is 1. The predicted octanol–water partition coefficient (Wildman–Crippen LogP) is 2.99. The smallest absolute Gasteiger partial charge is 0.337 e. The van der Waals surface area contributed by atoms with E-state index < -0.39 is 23.1 Å². The van der Waals surface area contributed by atoms with Crippen LogP contribution in [0.1, 0.15) is 33.7 Å². The van der Waals surface area contributed by atoms with Crippen LogP contribution >= 0.6 is 11.3 Å². The van der Waals surface area contributed by atoms with Crippen molar-refractivity contribution in [2.45, 2.75) is 19.8 Å². The Balaban J connectivity index is 2.13. The number of fused-ring (bicyclic) bond motifs is 1. The van der Waals surface area contributed by atoms with Gasteiger partial charge in [-0.15, -0.1) is 11.3 Å². The minimum absolute atomic E-state index is 0.207. The van der Waals surface area contributed by atoms with E-state index in [1.807, 2.05) is 49.4 Å². The number of aromatic nitrogens is 2. The minimum atomic E-state index is -0.658. The second-order valence-corrected chi connectivity index (χ2v) is 8.67. The summed E-state index contributed by atoms with van der Waals surface area (Å²) in [7, 11) is 3.06. The zero-order valence-corrected chi connectivity index (χ0v) is 18.6. The molecular formula is C23H23N3O4S. The first-order valence-electron chi connectivity index (χ1n) is 9.95. The Morgan fingerprint density at radius 1 is 1.10 bits per heavy atom. The molecule has 31 heavy (non-hydrogen) atoms. The highest BCUT2D eigenvalue weighted by Crippen LogP contribution is 2.44. The predicted molar refractivity (Wildman–Crippen MR) is 121 cm³/mol. The Labute approximate surface area is 183 Å². The molecule has 0 amide bonds. The van der Waals surface area contributed by atoms with Crippen LogP contribution < -0.4 is 16.6 Å². The molecule has 8 heteroatoms. The van der Waals surface area contributed by atoms with Gasteiger partial charge in [0.1, 0.15) is 5.82 Å². The first kappa shape index (κ1) is 20.9. The van der Waals surface area contributed by atoms with Crippen LogP contribution in [-0.2, 0) is 23.6 Å². The van der Waals surface area contributed by atoms with Crippen LogP contribution in [0.25, 0.3) is 5.70 Å². The third kappa shape index (κ3) is 3.42. The molecule has 0 radical (unpaired) electrons. The number of hydrogen-bond donors (Lipinski definition) is 1. The Morgan fingerprint density at radius 3 is 2.42 bits per heavy atom. The molecule has 0 fully saturated rings. The fraction of sp³-hybridized carbons (Fsp3) is 0.261. The molecule has 4 rings (SSSR count). The van der Waals surface area contributed by atoms with E-state index in [4.69, 9.17) is 4.74 Å². The summed E-state index contributed by atoms with van der Waals surface area (Å²) in [5.41, 5.74) is 1.14. The summed E-state index contributed by atoms with van der Waals surface area (Å²) >= 11 is 1.51. The SMILES string of the molecule is CCOC(=O)C1=C(c2ccccc2)Nc2c(c(=O)n(C)c(=O)n2C)C1c1ccc(C)s1. The first-order valence-corrected chi connectivity index (χ1v) is 10.8. The van der Waals surface area contributed by atoms with Crippen molar-refractivity contribution in [3.05, 3.63) is 89.8 Å². The van der Waals surface area contributed by atoms with Crippen LogP contribution in [-0.4, -0.2) is 21.7 Å². The van der Waals surface area contributed by atoms with E-state index >= 15 is 0 Å². The number of carbonyl (C=O) groups excluding carboxylic acids is 1. The second-order valence-electron chi connectivity index (χ2n) is 7.35. The van der Waals surface area contributed by atoms with E-state index in [1.54, 1.807) is 14.0 Å². The maximum Gasteiger partial charge on any atom is 0.337 e. The number of rotatable bonds is 4. The number of aryl methyl sites for hydroxylation is 1. The van der Waals surface area contributed by atoms with Crippen LogP contribution in [0.3, 0.4) is 0 Å². The van der Waals surface area contributed by atoms with Gasteiger partial charge in [-0.05, 0) is 31.5 Å². The molecule has 0 aliphatic carbocycles. The van der Waals surface area contributed by atoms with E-state index in [-0.39, 0.29) is 6.61 Å². The van der Waals surface area contributed by atoms with Gasteiger partial charge in [0.05, 0.1) is 29.4 Å². The highest BCUT2D eigenvalue weighted by Gasteiger charge is 2.39. The monoisotopic (exact) mass is 437 g/mol. The average Bonchev–Trinajstić information content (AvgIpc) is 3.21. The molecule has 3 aromatic rings. The number of ether oxygens (including phenoxy) is 1. The van der Waals surface area contributed by atoms with Crippen LogP contribution in [0.5, 0.6) is 0 Å². The standard InChI is InChI=1S/C23H23N3O4S/c1-5-30-22(28)17-16(15-12-11-13(2)31-15)18-20(25(3)23(29)26(4)21(18)27)24-19(17)14-9-7-6-8-10-14/h6-12,16,24H,5H2,1-4H3. The quantitative estimate of drug-likeness (QED) is 0.635. The van der Waals surface area contributed by atoms with Crippen LogP contribution in [0.4, 0.5) is 5.82 Å². The number of carbonyl (C=O) groups is 1. The average molecular weight is 438 g/mol. The van der Waals surface area contributed by atoms with E-state index in [1.165, 1.54) is 23.0 Å². The van der Waals surface area contributed by atoms with Gasteiger partial charge in [-0.1, -0.05) is 30.3 Å². The minimum Gasteiger partial charge on any atom is -0.463 e. The first-order chi connectivity index (χ1) is 14.8. The molecule has 0 saturated carbocycles. The summed E-state index contributed by atoms with van der Waals surface area (Å²) in [5, 5.41) is 3.22. The third-order valence-electron chi connectivity index (χ3n) is 5.39. The van der Waals surface area contributed by atoms with E-state index in [0.29, 0.717) is 22.7 Å². The zero-order valence-electron chi connectivity index (χ0n) is 17.8. The summed E-state index contributed by atoms with van der Waals surface area (Å²) < 4.78 is 7.91. The Bertz CT molecular complexity index is 1310. The van der Waals surface area contributed by atoms with E-state index in [9.17, 15) is 14.4 Å². The van der Waals surface area contributed by atoms with Gasteiger partial charge < -0.3 is 10.1 Å². The Morgan fingerprint density at radius 2 is 1.81 bits per heavy atom. The summed E-state index contributed by atoms with van der Waals surface area (Å²) in [6, 6.07) is 13.3. The largest absolute Gasteiger partial charge is 0.463 e.